The molecular formula is C20H28O4. The van der Waals surface area contributed by atoms with Crippen molar-refractivity contribution in [2.75, 3.05) is 7.11 Å². The number of phenols is 1. The van der Waals surface area contributed by atoms with Gasteiger partial charge < -0.3 is 14.6 Å². The van der Waals surface area contributed by atoms with Gasteiger partial charge in [-0.2, -0.15) is 0 Å². The van der Waals surface area contributed by atoms with E-state index in [4.69, 9.17) is 9.47 Å². The summed E-state index contributed by atoms with van der Waals surface area (Å²) in [6.45, 7) is 0.573. The molecule has 0 saturated heterocycles. The van der Waals surface area contributed by atoms with Crippen molar-refractivity contribution < 1.29 is 19.4 Å². The van der Waals surface area contributed by atoms with E-state index in [9.17, 15) is 9.90 Å². The minimum Gasteiger partial charge on any atom is -0.508 e. The lowest BCUT2D eigenvalue weighted by molar-refractivity contribution is -0.147. The van der Waals surface area contributed by atoms with Gasteiger partial charge in [-0.25, -0.2) is 0 Å². The molecule has 0 aromatic heterocycles. The average Bonchev–Trinajstić information content (AvgIpc) is 2.62. The Bertz CT molecular complexity index is 556. The van der Waals surface area contributed by atoms with Crippen molar-refractivity contribution in [2.45, 2.75) is 70.0 Å². The molecule has 3 aliphatic carbocycles. The Hall–Kier alpha value is -1.55. The monoisotopic (exact) mass is 332 g/mol. The normalized spacial score (nSPS) is 28.7. The van der Waals surface area contributed by atoms with Crippen molar-refractivity contribution in [3.05, 3.63) is 29.8 Å². The third kappa shape index (κ3) is 3.92. The first-order valence-electron chi connectivity index (χ1n) is 9.04. The standard InChI is InChI=1S/C20H28O4/c1-23-18(22)6-3-7-19-8-11-20(12-9-19,13-10-19)24-15-16-4-2-5-17(21)14-16/h2,4-5,14,21H,3,6-13,15H2,1H3. The van der Waals surface area contributed by atoms with Crippen LogP contribution < -0.4 is 0 Å². The number of carbonyl (C=O) groups excluding carboxylic acids is 1. The van der Waals surface area contributed by atoms with Crippen molar-refractivity contribution in [3.63, 3.8) is 0 Å². The van der Waals surface area contributed by atoms with Crippen LogP contribution in [-0.2, 0) is 20.9 Å². The van der Waals surface area contributed by atoms with E-state index in [0.29, 0.717) is 24.2 Å². The Labute approximate surface area is 144 Å². The molecule has 0 amide bonds. The third-order valence-corrected chi connectivity index (χ3v) is 6.10. The molecule has 0 spiro atoms. The van der Waals surface area contributed by atoms with E-state index < -0.39 is 0 Å². The first kappa shape index (κ1) is 17.3. The first-order chi connectivity index (χ1) is 11.5. The SMILES string of the molecule is COC(=O)CCCC12CCC(OCc3cccc(O)c3)(CC1)CC2. The second-order valence-corrected chi connectivity index (χ2v) is 7.57. The quantitative estimate of drug-likeness (QED) is 0.754. The fourth-order valence-corrected chi connectivity index (χ4v) is 4.41. The molecule has 1 aromatic carbocycles. The number of phenolic OH excluding ortho intramolecular Hbond substituents is 1. The Balaban J connectivity index is 1.49. The molecule has 0 aliphatic heterocycles. The van der Waals surface area contributed by atoms with Gasteiger partial charge in [-0.3, -0.25) is 4.79 Å². The van der Waals surface area contributed by atoms with E-state index in [2.05, 4.69) is 0 Å². The molecule has 1 N–H and O–H groups in total. The van der Waals surface area contributed by atoms with Crippen molar-refractivity contribution in [1.29, 1.82) is 0 Å². The van der Waals surface area contributed by atoms with Gasteiger partial charge >= 0.3 is 5.97 Å². The molecule has 3 saturated carbocycles. The summed E-state index contributed by atoms with van der Waals surface area (Å²) in [5.41, 5.74) is 1.48. The topological polar surface area (TPSA) is 55.8 Å². The van der Waals surface area contributed by atoms with E-state index in [1.807, 2.05) is 12.1 Å². The van der Waals surface area contributed by atoms with Gasteiger partial charge in [0, 0.05) is 6.42 Å². The van der Waals surface area contributed by atoms with Crippen molar-refractivity contribution >= 4 is 5.97 Å². The molecule has 2 bridgehead atoms. The predicted octanol–water partition coefficient (Wildman–Crippen LogP) is 4.35. The van der Waals surface area contributed by atoms with Crippen LogP contribution in [0.1, 0.15) is 63.4 Å². The van der Waals surface area contributed by atoms with E-state index in [-0.39, 0.29) is 11.6 Å². The summed E-state index contributed by atoms with van der Waals surface area (Å²) >= 11 is 0. The fourth-order valence-electron chi connectivity index (χ4n) is 4.41. The Kier molecular flexibility index (Phi) is 5.14. The maximum absolute atomic E-state index is 11.3. The van der Waals surface area contributed by atoms with Gasteiger partial charge in [-0.15, -0.1) is 0 Å². The second-order valence-electron chi connectivity index (χ2n) is 7.57. The molecule has 1 aromatic rings. The number of aromatic hydroxyl groups is 1. The van der Waals surface area contributed by atoms with Gasteiger partial charge in [-0.05, 0) is 74.5 Å². The van der Waals surface area contributed by atoms with Crippen LogP contribution in [0.5, 0.6) is 5.75 Å². The number of rotatable bonds is 7. The second kappa shape index (κ2) is 7.14. The van der Waals surface area contributed by atoms with Gasteiger partial charge in [0.2, 0.25) is 0 Å². The minimum atomic E-state index is -0.0955. The molecule has 4 heteroatoms. The zero-order chi connectivity index (χ0) is 17.0. The molecule has 0 atom stereocenters. The van der Waals surface area contributed by atoms with Gasteiger partial charge in [0.1, 0.15) is 5.75 Å². The molecule has 0 radical (unpaired) electrons. The third-order valence-electron chi connectivity index (χ3n) is 6.10. The Morgan fingerprint density at radius 1 is 1.17 bits per heavy atom. The lowest BCUT2D eigenvalue weighted by Gasteiger charge is -2.53. The lowest BCUT2D eigenvalue weighted by atomic mass is 9.57. The zero-order valence-corrected chi connectivity index (χ0v) is 14.6. The highest BCUT2D eigenvalue weighted by Crippen LogP contribution is 2.56. The molecule has 0 unspecified atom stereocenters. The number of esters is 1. The molecule has 4 rings (SSSR count). The van der Waals surface area contributed by atoms with Crippen LogP contribution in [0.15, 0.2) is 24.3 Å². The highest BCUT2D eigenvalue weighted by Gasteiger charge is 2.48. The molecule has 3 aliphatic rings. The van der Waals surface area contributed by atoms with Crippen molar-refractivity contribution in [1.82, 2.24) is 0 Å². The van der Waals surface area contributed by atoms with Crippen LogP contribution in [0.4, 0.5) is 0 Å². The average molecular weight is 332 g/mol. The van der Waals surface area contributed by atoms with Crippen molar-refractivity contribution in [3.8, 4) is 5.75 Å². The number of ether oxygens (including phenoxy) is 2. The molecule has 132 valence electrons. The maximum Gasteiger partial charge on any atom is 0.305 e. The van der Waals surface area contributed by atoms with E-state index in [1.54, 1.807) is 12.1 Å². The minimum absolute atomic E-state index is 0.0234. The van der Waals surface area contributed by atoms with E-state index in [1.165, 1.54) is 26.4 Å². The van der Waals surface area contributed by atoms with Crippen molar-refractivity contribution in [2.24, 2.45) is 5.41 Å². The van der Waals surface area contributed by atoms with Crippen LogP contribution in [-0.4, -0.2) is 23.8 Å². The highest BCUT2D eigenvalue weighted by atomic mass is 16.5. The number of fused-ring (bicyclic) bond motifs is 3. The Morgan fingerprint density at radius 2 is 1.88 bits per heavy atom. The van der Waals surface area contributed by atoms with E-state index in [0.717, 1.165) is 37.7 Å². The smallest absolute Gasteiger partial charge is 0.305 e. The van der Waals surface area contributed by atoms with E-state index >= 15 is 0 Å². The number of hydrogen-bond acceptors (Lipinski definition) is 4. The Morgan fingerprint density at radius 3 is 2.50 bits per heavy atom. The number of methoxy groups -OCH3 is 1. The first-order valence-corrected chi connectivity index (χ1v) is 9.04. The molecule has 0 heterocycles. The van der Waals surface area contributed by atoms with Gasteiger partial charge in [-0.1, -0.05) is 12.1 Å². The van der Waals surface area contributed by atoms with Crippen LogP contribution in [0.25, 0.3) is 0 Å². The van der Waals surface area contributed by atoms with Gasteiger partial charge in [0.05, 0.1) is 19.3 Å². The molecule has 24 heavy (non-hydrogen) atoms. The molecule has 3 fully saturated rings. The largest absolute Gasteiger partial charge is 0.508 e. The van der Waals surface area contributed by atoms with Crippen LogP contribution in [0, 0.1) is 5.41 Å². The van der Waals surface area contributed by atoms with Crippen LogP contribution in [0.3, 0.4) is 0 Å². The maximum atomic E-state index is 11.3. The molecule has 4 nitrogen and oxygen atoms in total. The predicted molar refractivity (Wildman–Crippen MR) is 91.6 cm³/mol. The summed E-state index contributed by atoms with van der Waals surface area (Å²) in [7, 11) is 1.46. The summed E-state index contributed by atoms with van der Waals surface area (Å²) in [5.74, 6) is 0.201. The number of hydrogen-bond donors (Lipinski definition) is 1. The van der Waals surface area contributed by atoms with Crippen LogP contribution in [0.2, 0.25) is 0 Å². The fraction of sp³-hybridized carbons (Fsp3) is 0.650. The van der Waals surface area contributed by atoms with Gasteiger partial charge in [0.25, 0.3) is 0 Å². The number of carbonyl (C=O) groups is 1. The summed E-state index contributed by atoms with van der Waals surface area (Å²) in [6, 6.07) is 7.32. The molecular weight excluding hydrogens is 304 g/mol. The van der Waals surface area contributed by atoms with Crippen LogP contribution >= 0.6 is 0 Å². The van der Waals surface area contributed by atoms with Gasteiger partial charge in [0.15, 0.2) is 0 Å². The summed E-state index contributed by atoms with van der Waals surface area (Å²) in [5, 5.41) is 9.56. The number of benzene rings is 1. The zero-order valence-electron chi connectivity index (χ0n) is 14.6. The summed E-state index contributed by atoms with van der Waals surface area (Å²) in [6.07, 6.45) is 9.56. The summed E-state index contributed by atoms with van der Waals surface area (Å²) in [4.78, 5) is 11.3. The lowest BCUT2D eigenvalue weighted by Crippen LogP contribution is -2.47. The summed E-state index contributed by atoms with van der Waals surface area (Å²) < 4.78 is 11.1. The highest BCUT2D eigenvalue weighted by molar-refractivity contribution is 5.68.